The molecule has 1 aromatic carbocycles. The number of nitrogens with one attached hydrogen (secondary N) is 2. The first-order chi connectivity index (χ1) is 11.1. The Hall–Kier alpha value is -2.41. The monoisotopic (exact) mass is 320 g/mol. The van der Waals surface area contributed by atoms with Crippen LogP contribution in [0.15, 0.2) is 24.3 Å². The van der Waals surface area contributed by atoms with Crippen molar-refractivity contribution in [1.29, 1.82) is 0 Å². The topological polar surface area (TPSA) is 93.7 Å². The van der Waals surface area contributed by atoms with Crippen LogP contribution < -0.4 is 10.6 Å². The first kappa shape index (κ1) is 17.0. The van der Waals surface area contributed by atoms with Gasteiger partial charge in [0, 0.05) is 24.4 Å². The molecule has 1 aliphatic heterocycles. The lowest BCUT2D eigenvalue weighted by Crippen LogP contribution is -2.31. The van der Waals surface area contributed by atoms with Crippen molar-refractivity contribution in [3.63, 3.8) is 0 Å². The third-order valence-electron chi connectivity index (χ3n) is 3.46. The van der Waals surface area contributed by atoms with Crippen molar-refractivity contribution in [2.75, 3.05) is 25.6 Å². The summed E-state index contributed by atoms with van der Waals surface area (Å²) < 4.78 is 9.87. The van der Waals surface area contributed by atoms with Gasteiger partial charge in [0.2, 0.25) is 5.91 Å². The molecule has 7 heteroatoms. The molecule has 1 heterocycles. The standard InChI is InChI=1S/C16H20N2O5/c1-22-15(20)9-14(19)18-12-5-2-4-11(8-12)16(21)17-10-13-6-3-7-23-13/h2,4-5,8,13H,3,6-7,9-10H2,1H3,(H,17,21)(H,18,19). The minimum absolute atomic E-state index is 0.0712. The second kappa shape index (κ2) is 8.28. The van der Waals surface area contributed by atoms with Gasteiger partial charge in [0.1, 0.15) is 6.42 Å². The van der Waals surface area contributed by atoms with E-state index in [2.05, 4.69) is 15.4 Å². The van der Waals surface area contributed by atoms with E-state index in [0.29, 0.717) is 17.8 Å². The predicted molar refractivity (Wildman–Crippen MR) is 83.0 cm³/mol. The van der Waals surface area contributed by atoms with Crippen LogP contribution in [0.1, 0.15) is 29.6 Å². The van der Waals surface area contributed by atoms with Crippen LogP contribution in [0.4, 0.5) is 5.69 Å². The lowest BCUT2D eigenvalue weighted by Gasteiger charge is -2.11. The molecule has 0 bridgehead atoms. The fraction of sp³-hybridized carbons (Fsp3) is 0.438. The average Bonchev–Trinajstić information content (AvgIpc) is 3.06. The molecule has 2 N–H and O–H groups in total. The number of benzene rings is 1. The highest BCUT2D eigenvalue weighted by atomic mass is 16.5. The van der Waals surface area contributed by atoms with Crippen LogP contribution in [-0.2, 0) is 19.1 Å². The summed E-state index contributed by atoms with van der Waals surface area (Å²) in [5.74, 6) is -1.34. The van der Waals surface area contributed by atoms with E-state index in [4.69, 9.17) is 4.74 Å². The molecule has 0 aliphatic carbocycles. The number of methoxy groups -OCH3 is 1. The van der Waals surface area contributed by atoms with Gasteiger partial charge in [0.15, 0.2) is 0 Å². The van der Waals surface area contributed by atoms with E-state index in [0.717, 1.165) is 19.4 Å². The fourth-order valence-electron chi connectivity index (χ4n) is 2.26. The van der Waals surface area contributed by atoms with E-state index in [1.807, 2.05) is 0 Å². The zero-order valence-electron chi connectivity index (χ0n) is 13.0. The summed E-state index contributed by atoms with van der Waals surface area (Å²) in [5.41, 5.74) is 0.877. The average molecular weight is 320 g/mol. The van der Waals surface area contributed by atoms with Crippen LogP contribution in [-0.4, -0.2) is 44.1 Å². The van der Waals surface area contributed by atoms with Gasteiger partial charge in [-0.2, -0.15) is 0 Å². The Labute approximate surface area is 134 Å². The maximum Gasteiger partial charge on any atom is 0.315 e. The van der Waals surface area contributed by atoms with Crippen LogP contribution >= 0.6 is 0 Å². The number of rotatable bonds is 6. The lowest BCUT2D eigenvalue weighted by molar-refractivity contribution is -0.142. The Morgan fingerprint density at radius 3 is 2.87 bits per heavy atom. The second-order valence-corrected chi connectivity index (χ2v) is 5.23. The largest absolute Gasteiger partial charge is 0.469 e. The van der Waals surface area contributed by atoms with Crippen molar-refractivity contribution < 1.29 is 23.9 Å². The zero-order valence-corrected chi connectivity index (χ0v) is 13.0. The highest BCUT2D eigenvalue weighted by Gasteiger charge is 2.17. The van der Waals surface area contributed by atoms with Crippen LogP contribution in [0.3, 0.4) is 0 Å². The van der Waals surface area contributed by atoms with E-state index in [9.17, 15) is 14.4 Å². The summed E-state index contributed by atoms with van der Waals surface area (Å²) in [6, 6.07) is 6.52. The van der Waals surface area contributed by atoms with E-state index in [1.54, 1.807) is 24.3 Å². The van der Waals surface area contributed by atoms with Gasteiger partial charge >= 0.3 is 5.97 Å². The summed E-state index contributed by atoms with van der Waals surface area (Å²) in [6.45, 7) is 1.21. The molecule has 1 aliphatic rings. The first-order valence-corrected chi connectivity index (χ1v) is 7.45. The molecule has 0 radical (unpaired) electrons. The number of ether oxygens (including phenoxy) is 2. The molecule has 0 aromatic heterocycles. The zero-order chi connectivity index (χ0) is 16.7. The number of esters is 1. The molecule has 2 rings (SSSR count). The molecule has 1 saturated heterocycles. The summed E-state index contributed by atoms with van der Waals surface area (Å²) >= 11 is 0. The Bertz CT molecular complexity index is 582. The van der Waals surface area contributed by atoms with E-state index in [1.165, 1.54) is 7.11 Å². The van der Waals surface area contributed by atoms with E-state index in [-0.39, 0.29) is 18.4 Å². The van der Waals surface area contributed by atoms with Gasteiger partial charge in [-0.1, -0.05) is 6.07 Å². The number of hydrogen-bond acceptors (Lipinski definition) is 5. The minimum atomic E-state index is -0.618. The molecule has 1 aromatic rings. The first-order valence-electron chi connectivity index (χ1n) is 7.45. The van der Waals surface area contributed by atoms with Gasteiger partial charge in [0.05, 0.1) is 13.2 Å². The van der Waals surface area contributed by atoms with Gasteiger partial charge in [-0.25, -0.2) is 0 Å². The second-order valence-electron chi connectivity index (χ2n) is 5.23. The Balaban J connectivity index is 1.89. The van der Waals surface area contributed by atoms with E-state index < -0.39 is 11.9 Å². The molecule has 0 spiro atoms. The van der Waals surface area contributed by atoms with Crippen molar-refractivity contribution in [2.45, 2.75) is 25.4 Å². The van der Waals surface area contributed by atoms with Gasteiger partial charge in [-0.05, 0) is 31.0 Å². The van der Waals surface area contributed by atoms with Crippen LogP contribution in [0, 0.1) is 0 Å². The number of hydrogen-bond donors (Lipinski definition) is 2. The Morgan fingerprint density at radius 1 is 1.35 bits per heavy atom. The van der Waals surface area contributed by atoms with Gasteiger partial charge in [-0.15, -0.1) is 0 Å². The van der Waals surface area contributed by atoms with Crippen molar-refractivity contribution in [2.24, 2.45) is 0 Å². The lowest BCUT2D eigenvalue weighted by atomic mass is 10.1. The molecule has 124 valence electrons. The fourth-order valence-corrected chi connectivity index (χ4v) is 2.26. The molecule has 1 unspecified atom stereocenters. The third kappa shape index (κ3) is 5.37. The molecule has 1 atom stereocenters. The number of anilines is 1. The highest BCUT2D eigenvalue weighted by Crippen LogP contribution is 2.13. The van der Waals surface area contributed by atoms with Crippen molar-refractivity contribution in [3.8, 4) is 0 Å². The van der Waals surface area contributed by atoms with Crippen molar-refractivity contribution in [1.82, 2.24) is 5.32 Å². The number of amides is 2. The third-order valence-corrected chi connectivity index (χ3v) is 3.46. The predicted octanol–water partition coefficient (Wildman–Crippen LogP) is 1.10. The maximum absolute atomic E-state index is 12.1. The molecule has 7 nitrogen and oxygen atoms in total. The van der Waals surface area contributed by atoms with Crippen LogP contribution in [0.5, 0.6) is 0 Å². The molecule has 0 saturated carbocycles. The quantitative estimate of drug-likeness (QED) is 0.604. The maximum atomic E-state index is 12.1. The SMILES string of the molecule is COC(=O)CC(=O)Nc1cccc(C(=O)NCC2CCCO2)c1. The molecule has 1 fully saturated rings. The Kier molecular flexibility index (Phi) is 6.10. The van der Waals surface area contributed by atoms with E-state index >= 15 is 0 Å². The minimum Gasteiger partial charge on any atom is -0.469 e. The van der Waals surface area contributed by atoms with Crippen LogP contribution in [0.2, 0.25) is 0 Å². The van der Waals surface area contributed by atoms with Crippen LogP contribution in [0.25, 0.3) is 0 Å². The molecular weight excluding hydrogens is 300 g/mol. The van der Waals surface area contributed by atoms with Gasteiger partial charge < -0.3 is 20.1 Å². The van der Waals surface area contributed by atoms with Crippen molar-refractivity contribution >= 4 is 23.5 Å². The summed E-state index contributed by atoms with van der Waals surface area (Å²) in [5, 5.41) is 5.37. The summed E-state index contributed by atoms with van der Waals surface area (Å²) in [6.07, 6.45) is 1.67. The number of carbonyl (C=O) groups excluding carboxylic acids is 3. The number of carbonyl (C=O) groups is 3. The highest BCUT2D eigenvalue weighted by molar-refractivity contribution is 6.02. The van der Waals surface area contributed by atoms with Gasteiger partial charge in [0.25, 0.3) is 5.91 Å². The summed E-state index contributed by atoms with van der Waals surface area (Å²) in [4.78, 5) is 34.8. The Morgan fingerprint density at radius 2 is 2.17 bits per heavy atom. The molecular formula is C16H20N2O5. The smallest absolute Gasteiger partial charge is 0.315 e. The molecule has 2 amide bonds. The molecule has 23 heavy (non-hydrogen) atoms. The van der Waals surface area contributed by atoms with Crippen molar-refractivity contribution in [3.05, 3.63) is 29.8 Å². The van der Waals surface area contributed by atoms with Gasteiger partial charge in [-0.3, -0.25) is 14.4 Å². The normalized spacial score (nSPS) is 16.7. The summed E-state index contributed by atoms with van der Waals surface area (Å²) in [7, 11) is 1.22.